The third kappa shape index (κ3) is 4.35. The molecular weight excluding hydrogens is 401 g/mol. The molecule has 0 aliphatic rings. The predicted molar refractivity (Wildman–Crippen MR) is 94.4 cm³/mol. The van der Waals surface area contributed by atoms with Gasteiger partial charge in [-0.2, -0.15) is 0 Å². The normalized spacial score (nSPS) is 10.2. The van der Waals surface area contributed by atoms with Crippen LogP contribution in [0, 0.1) is 3.57 Å². The predicted octanol–water partition coefficient (Wildman–Crippen LogP) is 4.99. The lowest BCUT2D eigenvalue weighted by Crippen LogP contribution is -2.13. The lowest BCUT2D eigenvalue weighted by Gasteiger charge is -2.12. The average molecular weight is 416 g/mol. The maximum absolute atomic E-state index is 12.3. The summed E-state index contributed by atoms with van der Waals surface area (Å²) in [6.07, 6.45) is 0.912. The first kappa shape index (κ1) is 16.1. The SMILES string of the molecule is CCCOc1ccccc1NC(=O)c1ccc(I)c(Cl)c1. The van der Waals surface area contributed by atoms with Crippen LogP contribution in [-0.4, -0.2) is 12.5 Å². The summed E-state index contributed by atoms with van der Waals surface area (Å²) in [7, 11) is 0. The van der Waals surface area contributed by atoms with Gasteiger partial charge < -0.3 is 10.1 Å². The van der Waals surface area contributed by atoms with Crippen LogP contribution >= 0.6 is 34.2 Å². The Morgan fingerprint density at radius 3 is 2.76 bits per heavy atom. The molecule has 0 aliphatic carbocycles. The molecule has 0 radical (unpaired) electrons. The Morgan fingerprint density at radius 1 is 1.29 bits per heavy atom. The number of carbonyl (C=O) groups excluding carboxylic acids is 1. The third-order valence-electron chi connectivity index (χ3n) is 2.78. The summed E-state index contributed by atoms with van der Waals surface area (Å²) in [4.78, 5) is 12.3. The van der Waals surface area contributed by atoms with E-state index in [2.05, 4.69) is 27.9 Å². The van der Waals surface area contributed by atoms with Crippen molar-refractivity contribution in [2.45, 2.75) is 13.3 Å². The van der Waals surface area contributed by atoms with E-state index in [1.807, 2.05) is 37.3 Å². The summed E-state index contributed by atoms with van der Waals surface area (Å²) >= 11 is 8.17. The van der Waals surface area contributed by atoms with Gasteiger partial charge in [-0.1, -0.05) is 30.7 Å². The van der Waals surface area contributed by atoms with Crippen LogP contribution < -0.4 is 10.1 Å². The fourth-order valence-electron chi connectivity index (χ4n) is 1.74. The number of benzene rings is 2. The number of nitrogens with one attached hydrogen (secondary N) is 1. The average Bonchev–Trinajstić information content (AvgIpc) is 2.49. The standard InChI is InChI=1S/C16H15ClINO2/c1-2-9-21-15-6-4-3-5-14(15)19-16(20)11-7-8-13(18)12(17)10-11/h3-8,10H,2,9H2,1H3,(H,19,20). The molecule has 0 bridgehead atoms. The number of carbonyl (C=O) groups is 1. The van der Waals surface area contributed by atoms with Gasteiger partial charge in [-0.25, -0.2) is 0 Å². The molecule has 0 spiro atoms. The third-order valence-corrected chi connectivity index (χ3v) is 4.35. The molecule has 0 aromatic heterocycles. The van der Waals surface area contributed by atoms with Crippen LogP contribution in [-0.2, 0) is 0 Å². The molecule has 21 heavy (non-hydrogen) atoms. The Morgan fingerprint density at radius 2 is 2.05 bits per heavy atom. The minimum Gasteiger partial charge on any atom is -0.491 e. The Hall–Kier alpha value is -1.27. The van der Waals surface area contributed by atoms with E-state index in [1.54, 1.807) is 12.1 Å². The molecule has 2 aromatic rings. The van der Waals surface area contributed by atoms with Crippen molar-refractivity contribution in [1.29, 1.82) is 0 Å². The summed E-state index contributed by atoms with van der Waals surface area (Å²) in [5.41, 5.74) is 1.18. The number of hydrogen-bond donors (Lipinski definition) is 1. The Labute approximate surface area is 142 Å². The summed E-state index contributed by atoms with van der Waals surface area (Å²) in [5, 5.41) is 3.43. The van der Waals surface area contributed by atoms with Crippen molar-refractivity contribution in [3.05, 3.63) is 56.6 Å². The molecule has 0 unspecified atom stereocenters. The highest BCUT2D eigenvalue weighted by Gasteiger charge is 2.11. The monoisotopic (exact) mass is 415 g/mol. The number of rotatable bonds is 5. The van der Waals surface area contributed by atoms with E-state index < -0.39 is 0 Å². The number of para-hydroxylation sites is 2. The summed E-state index contributed by atoms with van der Waals surface area (Å²) in [5.74, 6) is 0.463. The van der Waals surface area contributed by atoms with Crippen molar-refractivity contribution >= 4 is 45.8 Å². The van der Waals surface area contributed by atoms with Gasteiger partial charge >= 0.3 is 0 Å². The zero-order valence-corrected chi connectivity index (χ0v) is 14.4. The minimum absolute atomic E-state index is 0.208. The van der Waals surface area contributed by atoms with E-state index in [0.29, 0.717) is 28.6 Å². The summed E-state index contributed by atoms with van der Waals surface area (Å²) in [6.45, 7) is 2.65. The zero-order chi connectivity index (χ0) is 15.2. The molecule has 2 rings (SSSR count). The van der Waals surface area contributed by atoms with Gasteiger partial charge in [0.15, 0.2) is 0 Å². The van der Waals surface area contributed by atoms with E-state index >= 15 is 0 Å². The van der Waals surface area contributed by atoms with E-state index in [4.69, 9.17) is 16.3 Å². The van der Waals surface area contributed by atoms with Crippen LogP contribution in [0.15, 0.2) is 42.5 Å². The van der Waals surface area contributed by atoms with Gasteiger partial charge in [0.2, 0.25) is 0 Å². The van der Waals surface area contributed by atoms with E-state index in [0.717, 1.165) is 9.99 Å². The molecule has 0 aliphatic heterocycles. The smallest absolute Gasteiger partial charge is 0.255 e. The fraction of sp³-hybridized carbons (Fsp3) is 0.188. The molecule has 0 saturated heterocycles. The van der Waals surface area contributed by atoms with Crippen molar-refractivity contribution < 1.29 is 9.53 Å². The molecule has 0 heterocycles. The van der Waals surface area contributed by atoms with Gasteiger partial charge in [0, 0.05) is 9.13 Å². The molecule has 110 valence electrons. The van der Waals surface area contributed by atoms with E-state index in [-0.39, 0.29) is 5.91 Å². The number of hydrogen-bond acceptors (Lipinski definition) is 2. The first-order chi connectivity index (χ1) is 10.1. The summed E-state index contributed by atoms with van der Waals surface area (Å²) in [6, 6.07) is 12.6. The van der Waals surface area contributed by atoms with Crippen LogP contribution in [0.5, 0.6) is 5.75 Å². The molecule has 1 N–H and O–H groups in total. The second-order valence-corrected chi connectivity index (χ2v) is 6.00. The molecule has 0 atom stereocenters. The highest BCUT2D eigenvalue weighted by Crippen LogP contribution is 2.25. The maximum Gasteiger partial charge on any atom is 0.255 e. The Balaban J connectivity index is 2.17. The van der Waals surface area contributed by atoms with Gasteiger partial charge in [0.05, 0.1) is 17.3 Å². The molecular formula is C16H15ClINO2. The van der Waals surface area contributed by atoms with E-state index in [9.17, 15) is 4.79 Å². The van der Waals surface area contributed by atoms with Crippen LogP contribution in [0.3, 0.4) is 0 Å². The van der Waals surface area contributed by atoms with Gasteiger partial charge in [0.1, 0.15) is 5.75 Å². The van der Waals surface area contributed by atoms with Gasteiger partial charge in [-0.15, -0.1) is 0 Å². The molecule has 3 nitrogen and oxygen atoms in total. The summed E-state index contributed by atoms with van der Waals surface area (Å²) < 4.78 is 6.54. The van der Waals surface area contributed by atoms with Crippen molar-refractivity contribution in [3.8, 4) is 5.75 Å². The first-order valence-electron chi connectivity index (χ1n) is 6.60. The van der Waals surface area contributed by atoms with Crippen LogP contribution in [0.25, 0.3) is 0 Å². The highest BCUT2D eigenvalue weighted by atomic mass is 127. The van der Waals surface area contributed by atoms with Gasteiger partial charge in [-0.3, -0.25) is 4.79 Å². The van der Waals surface area contributed by atoms with Gasteiger partial charge in [0.25, 0.3) is 5.91 Å². The topological polar surface area (TPSA) is 38.3 Å². The Bertz CT molecular complexity index is 646. The van der Waals surface area contributed by atoms with Gasteiger partial charge in [-0.05, 0) is 59.3 Å². The number of anilines is 1. The zero-order valence-electron chi connectivity index (χ0n) is 11.5. The largest absolute Gasteiger partial charge is 0.491 e. The number of ether oxygens (including phenoxy) is 1. The van der Waals surface area contributed by atoms with E-state index in [1.165, 1.54) is 0 Å². The molecule has 1 amide bonds. The Kier molecular flexibility index (Phi) is 5.87. The van der Waals surface area contributed by atoms with Crippen molar-refractivity contribution in [2.75, 3.05) is 11.9 Å². The molecule has 0 saturated carbocycles. The van der Waals surface area contributed by atoms with Crippen molar-refractivity contribution in [2.24, 2.45) is 0 Å². The van der Waals surface area contributed by atoms with Crippen LogP contribution in [0.1, 0.15) is 23.7 Å². The lowest BCUT2D eigenvalue weighted by atomic mass is 10.2. The minimum atomic E-state index is -0.208. The lowest BCUT2D eigenvalue weighted by molar-refractivity contribution is 0.102. The second-order valence-electron chi connectivity index (χ2n) is 4.43. The number of halogens is 2. The quantitative estimate of drug-likeness (QED) is 0.699. The first-order valence-corrected chi connectivity index (χ1v) is 8.05. The number of amides is 1. The second kappa shape index (κ2) is 7.66. The molecule has 2 aromatic carbocycles. The fourth-order valence-corrected chi connectivity index (χ4v) is 2.26. The van der Waals surface area contributed by atoms with Crippen LogP contribution in [0.4, 0.5) is 5.69 Å². The maximum atomic E-state index is 12.3. The van der Waals surface area contributed by atoms with Crippen LogP contribution in [0.2, 0.25) is 5.02 Å². The molecule has 5 heteroatoms. The highest BCUT2D eigenvalue weighted by molar-refractivity contribution is 14.1. The van der Waals surface area contributed by atoms with Crippen molar-refractivity contribution in [3.63, 3.8) is 0 Å². The van der Waals surface area contributed by atoms with Crippen molar-refractivity contribution in [1.82, 2.24) is 0 Å². The molecule has 0 fully saturated rings.